The van der Waals surface area contributed by atoms with Gasteiger partial charge in [-0.25, -0.2) is 0 Å². The summed E-state index contributed by atoms with van der Waals surface area (Å²) in [5, 5.41) is 6.79. The van der Waals surface area contributed by atoms with Crippen molar-refractivity contribution in [1.82, 2.24) is 15.5 Å². The van der Waals surface area contributed by atoms with Crippen molar-refractivity contribution in [2.24, 2.45) is 5.92 Å². The molecule has 1 heterocycles. The Hall–Kier alpha value is -3.36. The van der Waals surface area contributed by atoms with Gasteiger partial charge in [0.05, 0.1) is 18.7 Å². The number of aromatic nitrogens is 2. The number of hydrogen-bond acceptors (Lipinski definition) is 5. The van der Waals surface area contributed by atoms with E-state index in [0.717, 1.165) is 17.7 Å². The molecule has 0 aliphatic heterocycles. The second-order valence-electron chi connectivity index (χ2n) is 8.11. The van der Waals surface area contributed by atoms with Crippen LogP contribution in [0, 0.1) is 5.92 Å². The monoisotopic (exact) mass is 461 g/mol. The fraction of sp³-hybridized carbons (Fsp3) is 0.375. The molecule has 0 fully saturated rings. The molecule has 9 heteroatoms. The van der Waals surface area contributed by atoms with Gasteiger partial charge in [-0.2, -0.15) is 18.2 Å². The molecule has 1 aromatic heterocycles. The highest BCUT2D eigenvalue weighted by molar-refractivity contribution is 5.76. The second-order valence-corrected chi connectivity index (χ2v) is 8.11. The van der Waals surface area contributed by atoms with Crippen LogP contribution in [0.1, 0.15) is 49.7 Å². The predicted molar refractivity (Wildman–Crippen MR) is 116 cm³/mol. The Labute approximate surface area is 190 Å². The number of rotatable bonds is 9. The summed E-state index contributed by atoms with van der Waals surface area (Å²) < 4.78 is 49.7. The number of aryl methyl sites for hydroxylation is 1. The Morgan fingerprint density at radius 3 is 2.52 bits per heavy atom. The Balaban J connectivity index is 1.63. The first-order valence-electron chi connectivity index (χ1n) is 10.6. The molecular formula is C24H26F3N3O3. The van der Waals surface area contributed by atoms with Gasteiger partial charge in [-0.3, -0.25) is 4.79 Å². The third-order valence-electron chi connectivity index (χ3n) is 5.04. The van der Waals surface area contributed by atoms with Gasteiger partial charge in [0.2, 0.25) is 17.6 Å². The van der Waals surface area contributed by atoms with Crippen molar-refractivity contribution >= 4 is 5.91 Å². The first kappa shape index (κ1) is 24.3. The van der Waals surface area contributed by atoms with E-state index in [2.05, 4.69) is 15.5 Å². The molecule has 1 unspecified atom stereocenters. The van der Waals surface area contributed by atoms with Crippen molar-refractivity contribution in [3.63, 3.8) is 0 Å². The molecule has 0 saturated carbocycles. The van der Waals surface area contributed by atoms with Gasteiger partial charge < -0.3 is 14.6 Å². The predicted octanol–water partition coefficient (Wildman–Crippen LogP) is 5.60. The number of ether oxygens (including phenoxy) is 1. The van der Waals surface area contributed by atoms with Gasteiger partial charge in [0, 0.05) is 18.4 Å². The van der Waals surface area contributed by atoms with Crippen LogP contribution in [0.5, 0.6) is 5.75 Å². The number of carbonyl (C=O) groups is 1. The number of carbonyl (C=O) groups excluding carboxylic acids is 1. The molecule has 6 nitrogen and oxygen atoms in total. The van der Waals surface area contributed by atoms with Crippen LogP contribution in [0.15, 0.2) is 53.1 Å². The van der Waals surface area contributed by atoms with Crippen molar-refractivity contribution in [3.05, 3.63) is 65.5 Å². The van der Waals surface area contributed by atoms with Gasteiger partial charge in [0.1, 0.15) is 5.75 Å². The fourth-order valence-corrected chi connectivity index (χ4v) is 3.38. The summed E-state index contributed by atoms with van der Waals surface area (Å²) in [6, 6.07) is 11.7. The molecule has 0 bridgehead atoms. The number of nitrogens with zero attached hydrogens (tertiary/aromatic N) is 2. The minimum absolute atomic E-state index is 0.0673. The second kappa shape index (κ2) is 10.5. The molecule has 1 N–H and O–H groups in total. The lowest BCUT2D eigenvalue weighted by Gasteiger charge is -2.22. The molecule has 0 radical (unpaired) electrons. The van der Waals surface area contributed by atoms with E-state index in [-0.39, 0.29) is 24.7 Å². The number of halogens is 3. The lowest BCUT2D eigenvalue weighted by molar-refractivity contribution is -0.137. The Kier molecular flexibility index (Phi) is 7.73. The molecule has 1 atom stereocenters. The van der Waals surface area contributed by atoms with Gasteiger partial charge in [-0.05, 0) is 54.3 Å². The van der Waals surface area contributed by atoms with E-state index >= 15 is 0 Å². The zero-order valence-corrected chi connectivity index (χ0v) is 18.6. The molecule has 3 rings (SSSR count). The maximum absolute atomic E-state index is 13.1. The van der Waals surface area contributed by atoms with Crippen LogP contribution < -0.4 is 10.1 Å². The van der Waals surface area contributed by atoms with Crippen LogP contribution in [-0.4, -0.2) is 23.2 Å². The summed E-state index contributed by atoms with van der Waals surface area (Å²) in [7, 11) is 1.57. The number of benzene rings is 2. The minimum atomic E-state index is -4.44. The first-order chi connectivity index (χ1) is 15.7. The van der Waals surface area contributed by atoms with E-state index in [1.807, 2.05) is 13.8 Å². The molecule has 0 saturated heterocycles. The SMILES string of the molecule is COc1ccc(-c2noc(CCC(=O)NC(CC(C)C)c3cccc(C(F)(F)F)c3)n2)cc1. The lowest BCUT2D eigenvalue weighted by atomic mass is 9.95. The molecule has 176 valence electrons. The molecular weight excluding hydrogens is 435 g/mol. The van der Waals surface area contributed by atoms with Crippen LogP contribution in [0.2, 0.25) is 0 Å². The summed E-state index contributed by atoms with van der Waals surface area (Å²) in [5.41, 5.74) is 0.433. The van der Waals surface area contributed by atoms with E-state index in [9.17, 15) is 18.0 Å². The summed E-state index contributed by atoms with van der Waals surface area (Å²) in [4.78, 5) is 16.9. The maximum atomic E-state index is 13.1. The highest BCUT2D eigenvalue weighted by atomic mass is 19.4. The number of nitrogens with one attached hydrogen (secondary N) is 1. The quantitative estimate of drug-likeness (QED) is 0.449. The van der Waals surface area contributed by atoms with E-state index in [0.29, 0.717) is 29.4 Å². The molecule has 33 heavy (non-hydrogen) atoms. The van der Waals surface area contributed by atoms with Crippen LogP contribution >= 0.6 is 0 Å². The number of amides is 1. The summed E-state index contributed by atoms with van der Waals surface area (Å²) >= 11 is 0. The number of hydrogen-bond donors (Lipinski definition) is 1. The minimum Gasteiger partial charge on any atom is -0.497 e. The molecule has 2 aromatic carbocycles. The van der Waals surface area contributed by atoms with Crippen molar-refractivity contribution in [2.45, 2.75) is 45.3 Å². The van der Waals surface area contributed by atoms with Gasteiger partial charge in [-0.1, -0.05) is 31.1 Å². The smallest absolute Gasteiger partial charge is 0.416 e. The first-order valence-corrected chi connectivity index (χ1v) is 10.6. The van der Waals surface area contributed by atoms with E-state index in [1.54, 1.807) is 37.4 Å². The van der Waals surface area contributed by atoms with Gasteiger partial charge in [-0.15, -0.1) is 0 Å². The van der Waals surface area contributed by atoms with Crippen LogP contribution in [0.4, 0.5) is 13.2 Å². The van der Waals surface area contributed by atoms with E-state index in [4.69, 9.17) is 9.26 Å². The van der Waals surface area contributed by atoms with Gasteiger partial charge >= 0.3 is 6.18 Å². The highest BCUT2D eigenvalue weighted by Crippen LogP contribution is 2.32. The number of methoxy groups -OCH3 is 1. The topological polar surface area (TPSA) is 77.2 Å². The van der Waals surface area contributed by atoms with Crippen molar-refractivity contribution in [1.29, 1.82) is 0 Å². The third kappa shape index (κ3) is 6.81. The summed E-state index contributed by atoms with van der Waals surface area (Å²) in [6.45, 7) is 3.90. The van der Waals surface area contributed by atoms with E-state index < -0.39 is 17.8 Å². The summed E-state index contributed by atoms with van der Waals surface area (Å²) in [5.74, 6) is 1.27. The van der Waals surface area contributed by atoms with Crippen molar-refractivity contribution in [2.75, 3.05) is 7.11 Å². The average Bonchev–Trinajstić information content (AvgIpc) is 3.26. The normalized spacial score (nSPS) is 12.6. The Bertz CT molecular complexity index is 1060. The fourth-order valence-electron chi connectivity index (χ4n) is 3.38. The maximum Gasteiger partial charge on any atom is 0.416 e. The van der Waals surface area contributed by atoms with Crippen LogP contribution in [0.25, 0.3) is 11.4 Å². The van der Waals surface area contributed by atoms with Crippen molar-refractivity contribution < 1.29 is 27.2 Å². The van der Waals surface area contributed by atoms with Crippen molar-refractivity contribution in [3.8, 4) is 17.1 Å². The number of alkyl halides is 3. The highest BCUT2D eigenvalue weighted by Gasteiger charge is 2.31. The van der Waals surface area contributed by atoms with Crippen LogP contribution in [-0.2, 0) is 17.4 Å². The van der Waals surface area contributed by atoms with Gasteiger partial charge in [0.25, 0.3) is 0 Å². The average molecular weight is 461 g/mol. The molecule has 0 spiro atoms. The van der Waals surface area contributed by atoms with Gasteiger partial charge in [0.15, 0.2) is 0 Å². The summed E-state index contributed by atoms with van der Waals surface area (Å²) in [6.07, 6.45) is -3.65. The zero-order valence-electron chi connectivity index (χ0n) is 18.6. The molecule has 3 aromatic rings. The largest absolute Gasteiger partial charge is 0.497 e. The molecule has 1 amide bonds. The third-order valence-corrected chi connectivity index (χ3v) is 5.04. The molecule has 0 aliphatic carbocycles. The van der Waals surface area contributed by atoms with Crippen LogP contribution in [0.3, 0.4) is 0 Å². The Morgan fingerprint density at radius 1 is 1.15 bits per heavy atom. The van der Waals surface area contributed by atoms with E-state index in [1.165, 1.54) is 6.07 Å². The lowest BCUT2D eigenvalue weighted by Crippen LogP contribution is -2.30. The molecule has 0 aliphatic rings. The zero-order chi connectivity index (χ0) is 24.0. The Morgan fingerprint density at radius 2 is 1.88 bits per heavy atom. The standard InChI is InChI=1S/C24H26F3N3O3/c1-15(2)13-20(17-5-4-6-18(14-17)24(25,26)27)28-21(31)11-12-22-29-23(30-33-22)16-7-9-19(32-3)10-8-16/h4-10,14-15,20H,11-13H2,1-3H3,(H,28,31).